The number of hydrogen-bond acceptors (Lipinski definition) is 5. The van der Waals surface area contributed by atoms with Crippen molar-refractivity contribution in [2.75, 3.05) is 0 Å². The van der Waals surface area contributed by atoms with Crippen LogP contribution in [0.4, 0.5) is 13.2 Å². The normalized spacial score (nSPS) is 12.4. The minimum absolute atomic E-state index is 0.150. The molecule has 0 amide bonds. The van der Waals surface area contributed by atoms with E-state index in [0.29, 0.717) is 8.14 Å². The van der Waals surface area contributed by atoms with E-state index in [1.54, 1.807) is 22.6 Å². The average molecular weight is 525 g/mol. The number of nitrogens with zero attached hydrogens (tertiary/aromatic N) is 3. The van der Waals surface area contributed by atoms with Gasteiger partial charge in [-0.05, 0) is 40.8 Å². The first-order chi connectivity index (χ1) is 13.0. The second kappa shape index (κ2) is 6.05. The van der Waals surface area contributed by atoms with E-state index in [1.165, 1.54) is 13.0 Å². The third-order valence-electron chi connectivity index (χ3n) is 3.96. The van der Waals surface area contributed by atoms with Gasteiger partial charge in [-0.1, -0.05) is 0 Å². The zero-order chi connectivity index (χ0) is 20.5. The zero-order valence-corrected chi connectivity index (χ0v) is 16.5. The van der Waals surface area contributed by atoms with E-state index < -0.39 is 61.3 Å². The van der Waals surface area contributed by atoms with Gasteiger partial charge in [-0.3, -0.25) is 9.12 Å². The van der Waals surface area contributed by atoms with E-state index in [2.05, 4.69) is 4.98 Å². The van der Waals surface area contributed by atoms with E-state index in [0.717, 1.165) is 12.1 Å². The standard InChI is InChI=1S/C15H7F3IN3O5S/c1-5-20-11-9(17)10(18)12-13(14(11)27-5)22(28(24,25)26)15(23)21(12)8-3-2-6(19)4-7(8)16/h2-4H,1H3,(H,24,25,26). The topological polar surface area (TPSA) is 107 Å². The lowest BCUT2D eigenvalue weighted by Crippen LogP contribution is -2.28. The fourth-order valence-electron chi connectivity index (χ4n) is 2.93. The molecule has 0 atom stereocenters. The van der Waals surface area contributed by atoms with Crippen molar-refractivity contribution in [1.82, 2.24) is 13.5 Å². The van der Waals surface area contributed by atoms with Gasteiger partial charge >= 0.3 is 16.0 Å². The Hall–Kier alpha value is -2.39. The molecule has 28 heavy (non-hydrogen) atoms. The van der Waals surface area contributed by atoms with Crippen molar-refractivity contribution in [3.05, 3.63) is 55.6 Å². The lowest BCUT2D eigenvalue weighted by Gasteiger charge is -2.06. The van der Waals surface area contributed by atoms with Crippen LogP contribution in [0.15, 0.2) is 27.4 Å². The van der Waals surface area contributed by atoms with Crippen molar-refractivity contribution < 1.29 is 30.6 Å². The second-order valence-electron chi connectivity index (χ2n) is 5.69. The molecular weight excluding hydrogens is 518 g/mol. The Kier molecular flexibility index (Phi) is 4.10. The molecule has 2 aromatic heterocycles. The lowest BCUT2D eigenvalue weighted by atomic mass is 10.2. The quantitative estimate of drug-likeness (QED) is 0.319. The summed E-state index contributed by atoms with van der Waals surface area (Å²) in [6.07, 6.45) is 0. The molecule has 0 fully saturated rings. The van der Waals surface area contributed by atoms with Crippen LogP contribution in [0.25, 0.3) is 27.8 Å². The van der Waals surface area contributed by atoms with Crippen molar-refractivity contribution in [2.45, 2.75) is 6.92 Å². The Bertz CT molecular complexity index is 1470. The molecular formula is C15H7F3IN3O5S. The maximum absolute atomic E-state index is 14.8. The molecule has 0 aliphatic rings. The molecule has 2 heterocycles. The largest absolute Gasteiger partial charge is 0.439 e. The highest BCUT2D eigenvalue weighted by Gasteiger charge is 2.32. The predicted octanol–water partition coefficient (Wildman–Crippen LogP) is 2.91. The smallest absolute Gasteiger partial charge is 0.368 e. The van der Waals surface area contributed by atoms with Crippen LogP contribution in [-0.2, 0) is 10.3 Å². The number of halogens is 4. The fourth-order valence-corrected chi connectivity index (χ4v) is 4.06. The number of rotatable bonds is 2. The maximum Gasteiger partial charge on any atom is 0.368 e. The summed E-state index contributed by atoms with van der Waals surface area (Å²) >= 11 is 1.79. The molecule has 0 bridgehead atoms. The molecule has 0 radical (unpaired) electrons. The van der Waals surface area contributed by atoms with Crippen molar-refractivity contribution in [2.24, 2.45) is 0 Å². The van der Waals surface area contributed by atoms with E-state index in [9.17, 15) is 30.9 Å². The Morgan fingerprint density at radius 1 is 1.18 bits per heavy atom. The monoisotopic (exact) mass is 525 g/mol. The van der Waals surface area contributed by atoms with Gasteiger partial charge in [0.15, 0.2) is 28.6 Å². The Balaban J connectivity index is 2.37. The molecule has 0 unspecified atom stereocenters. The molecule has 8 nitrogen and oxygen atoms in total. The Labute approximate surface area is 167 Å². The second-order valence-corrected chi connectivity index (χ2v) is 8.20. The average Bonchev–Trinajstić information content (AvgIpc) is 3.10. The van der Waals surface area contributed by atoms with Gasteiger partial charge in [-0.15, -0.1) is 0 Å². The number of hydrogen-bond donors (Lipinski definition) is 1. The molecule has 4 rings (SSSR count). The first kappa shape index (κ1) is 18.9. The molecule has 2 aromatic carbocycles. The molecule has 146 valence electrons. The van der Waals surface area contributed by atoms with Gasteiger partial charge in [0.1, 0.15) is 16.9 Å². The van der Waals surface area contributed by atoms with Gasteiger partial charge < -0.3 is 4.42 Å². The van der Waals surface area contributed by atoms with Crippen LogP contribution in [0.1, 0.15) is 5.89 Å². The highest BCUT2D eigenvalue weighted by molar-refractivity contribution is 14.1. The summed E-state index contributed by atoms with van der Waals surface area (Å²) in [7, 11) is -5.30. The van der Waals surface area contributed by atoms with Gasteiger partial charge in [0, 0.05) is 10.5 Å². The van der Waals surface area contributed by atoms with Crippen molar-refractivity contribution in [1.29, 1.82) is 0 Å². The number of imidazole rings is 1. The molecule has 0 aliphatic heterocycles. The lowest BCUT2D eigenvalue weighted by molar-refractivity contribution is 0.471. The number of aryl methyl sites for hydroxylation is 1. The molecule has 4 aromatic rings. The van der Waals surface area contributed by atoms with Crippen molar-refractivity contribution >= 4 is 55.0 Å². The van der Waals surface area contributed by atoms with Crippen LogP contribution < -0.4 is 5.69 Å². The fraction of sp³-hybridized carbons (Fsp3) is 0.0667. The molecule has 0 saturated carbocycles. The summed E-state index contributed by atoms with van der Waals surface area (Å²) < 4.78 is 82.7. The molecule has 0 aliphatic carbocycles. The summed E-state index contributed by atoms with van der Waals surface area (Å²) in [5.41, 5.74) is -5.10. The number of benzene rings is 2. The summed E-state index contributed by atoms with van der Waals surface area (Å²) in [5, 5.41) is 0. The SMILES string of the molecule is Cc1nc2c(F)c(F)c3c(c2o1)n(S(=O)(=O)O)c(=O)n3-c1ccc(I)cc1F. The summed E-state index contributed by atoms with van der Waals surface area (Å²) in [5.74, 6) is -4.33. The van der Waals surface area contributed by atoms with Crippen molar-refractivity contribution in [3.63, 3.8) is 0 Å². The minimum atomic E-state index is -5.30. The van der Waals surface area contributed by atoms with Gasteiger partial charge in [-0.2, -0.15) is 12.4 Å². The summed E-state index contributed by atoms with van der Waals surface area (Å²) in [6.45, 7) is 1.29. The highest BCUT2D eigenvalue weighted by atomic mass is 127. The van der Waals surface area contributed by atoms with Gasteiger partial charge in [-0.25, -0.2) is 22.9 Å². The summed E-state index contributed by atoms with van der Waals surface area (Å²) in [4.78, 5) is 16.4. The minimum Gasteiger partial charge on any atom is -0.439 e. The van der Waals surface area contributed by atoms with E-state index in [-0.39, 0.29) is 9.86 Å². The van der Waals surface area contributed by atoms with Crippen LogP contribution in [0.3, 0.4) is 0 Å². The molecule has 13 heteroatoms. The first-order valence-corrected chi connectivity index (χ1v) is 9.85. The van der Waals surface area contributed by atoms with Crippen LogP contribution in [0, 0.1) is 27.9 Å². The number of aromatic nitrogens is 3. The third-order valence-corrected chi connectivity index (χ3v) is 5.43. The molecule has 0 saturated heterocycles. The number of fused-ring (bicyclic) bond motifs is 3. The molecule has 0 spiro atoms. The van der Waals surface area contributed by atoms with Gasteiger partial charge in [0.05, 0.1) is 5.69 Å². The van der Waals surface area contributed by atoms with E-state index in [1.807, 2.05) is 0 Å². The highest BCUT2D eigenvalue weighted by Crippen LogP contribution is 2.33. The maximum atomic E-state index is 14.8. The van der Waals surface area contributed by atoms with Crippen molar-refractivity contribution in [3.8, 4) is 5.69 Å². The third kappa shape index (κ3) is 2.56. The van der Waals surface area contributed by atoms with Crippen LogP contribution in [0.2, 0.25) is 0 Å². The Morgan fingerprint density at radius 3 is 2.46 bits per heavy atom. The number of oxazole rings is 1. The van der Waals surface area contributed by atoms with Crippen LogP contribution >= 0.6 is 22.6 Å². The molecule has 1 N–H and O–H groups in total. The van der Waals surface area contributed by atoms with E-state index >= 15 is 0 Å². The van der Waals surface area contributed by atoms with Gasteiger partial charge in [0.25, 0.3) is 0 Å². The summed E-state index contributed by atoms with van der Waals surface area (Å²) in [6, 6.07) is 3.46. The predicted molar refractivity (Wildman–Crippen MR) is 99.4 cm³/mol. The zero-order valence-electron chi connectivity index (χ0n) is 13.6. The van der Waals surface area contributed by atoms with E-state index in [4.69, 9.17) is 4.42 Å². The first-order valence-electron chi connectivity index (χ1n) is 7.37. The van der Waals surface area contributed by atoms with Crippen LogP contribution in [-0.4, -0.2) is 26.5 Å². The Morgan fingerprint density at radius 2 is 1.86 bits per heavy atom. The van der Waals surface area contributed by atoms with Crippen LogP contribution in [0.5, 0.6) is 0 Å². The van der Waals surface area contributed by atoms with Gasteiger partial charge in [0.2, 0.25) is 0 Å².